The van der Waals surface area contributed by atoms with Crippen LogP contribution in [0.1, 0.15) is 38.7 Å². The number of rotatable bonds is 8. The summed E-state index contributed by atoms with van der Waals surface area (Å²) < 4.78 is 26.5. The minimum absolute atomic E-state index is 0.00833. The maximum atomic E-state index is 12.7. The fourth-order valence-electron chi connectivity index (χ4n) is 3.14. The number of benzene rings is 1. The minimum atomic E-state index is -0.932. The fraction of sp³-hybridized carbons (Fsp3) is 0.409. The van der Waals surface area contributed by atoms with E-state index in [1.165, 1.54) is 14.2 Å². The predicted octanol–water partition coefficient (Wildman–Crippen LogP) is 2.67. The topological polar surface area (TPSA) is 130 Å². The molecule has 0 saturated carbocycles. The standard InChI is InChI=1S/C22H26N2O7/c1-6-29-16-9-13(7-8-15(16)30-12(2)3)19-14(11-23)21(24)31-17(10-18(25)27-4)20(19)22(26)28-5/h7-9,12,19H,6,10,24H2,1-5H3. The first kappa shape index (κ1) is 23.6. The molecule has 1 aliphatic rings. The molecule has 0 fully saturated rings. The Labute approximate surface area is 181 Å². The van der Waals surface area contributed by atoms with E-state index in [1.54, 1.807) is 18.2 Å². The first-order valence-electron chi connectivity index (χ1n) is 9.66. The van der Waals surface area contributed by atoms with Crippen LogP contribution in [0, 0.1) is 11.3 Å². The van der Waals surface area contributed by atoms with E-state index in [0.29, 0.717) is 23.7 Å². The molecule has 1 heterocycles. The Morgan fingerprint density at radius 2 is 1.94 bits per heavy atom. The van der Waals surface area contributed by atoms with Gasteiger partial charge in [0.2, 0.25) is 5.88 Å². The normalized spacial score (nSPS) is 15.8. The van der Waals surface area contributed by atoms with Gasteiger partial charge in [-0.2, -0.15) is 5.26 Å². The van der Waals surface area contributed by atoms with Crippen molar-refractivity contribution in [3.8, 4) is 17.6 Å². The Morgan fingerprint density at radius 1 is 1.23 bits per heavy atom. The van der Waals surface area contributed by atoms with Crippen molar-refractivity contribution in [2.24, 2.45) is 5.73 Å². The van der Waals surface area contributed by atoms with Gasteiger partial charge in [-0.05, 0) is 38.5 Å². The second-order valence-electron chi connectivity index (χ2n) is 6.81. The van der Waals surface area contributed by atoms with Crippen LogP contribution >= 0.6 is 0 Å². The summed E-state index contributed by atoms with van der Waals surface area (Å²) in [7, 11) is 2.41. The summed E-state index contributed by atoms with van der Waals surface area (Å²) in [6.45, 7) is 5.97. The quantitative estimate of drug-likeness (QED) is 0.618. The Balaban J connectivity index is 2.70. The van der Waals surface area contributed by atoms with E-state index in [1.807, 2.05) is 26.8 Å². The first-order valence-corrected chi connectivity index (χ1v) is 9.66. The van der Waals surface area contributed by atoms with Crippen LogP contribution in [0.15, 0.2) is 41.0 Å². The predicted molar refractivity (Wildman–Crippen MR) is 110 cm³/mol. The van der Waals surface area contributed by atoms with Gasteiger partial charge in [-0.3, -0.25) is 4.79 Å². The number of nitriles is 1. The number of carbonyl (C=O) groups excluding carboxylic acids is 2. The second kappa shape index (κ2) is 10.4. The monoisotopic (exact) mass is 430 g/mol. The SMILES string of the molecule is CCOc1cc(C2C(C#N)=C(N)OC(CC(=O)OC)=C2C(=O)OC)ccc1OC(C)C. The molecule has 0 amide bonds. The van der Waals surface area contributed by atoms with Gasteiger partial charge in [0.05, 0.1) is 38.4 Å². The first-order chi connectivity index (χ1) is 14.8. The molecule has 166 valence electrons. The van der Waals surface area contributed by atoms with Crippen LogP contribution in [0.4, 0.5) is 0 Å². The third kappa shape index (κ3) is 5.28. The minimum Gasteiger partial charge on any atom is -0.490 e. The number of methoxy groups -OCH3 is 2. The van der Waals surface area contributed by atoms with E-state index in [2.05, 4.69) is 4.74 Å². The summed E-state index contributed by atoms with van der Waals surface area (Å²) >= 11 is 0. The zero-order valence-corrected chi connectivity index (χ0v) is 18.2. The van der Waals surface area contributed by atoms with Crippen molar-refractivity contribution in [2.75, 3.05) is 20.8 Å². The van der Waals surface area contributed by atoms with Gasteiger partial charge in [-0.15, -0.1) is 0 Å². The molecule has 9 heteroatoms. The maximum Gasteiger partial charge on any atom is 0.338 e. The van der Waals surface area contributed by atoms with Gasteiger partial charge < -0.3 is 29.4 Å². The van der Waals surface area contributed by atoms with Gasteiger partial charge in [0.25, 0.3) is 0 Å². The number of esters is 2. The molecule has 0 bridgehead atoms. The molecule has 9 nitrogen and oxygen atoms in total. The lowest BCUT2D eigenvalue weighted by molar-refractivity contribution is -0.140. The van der Waals surface area contributed by atoms with Crippen LogP contribution < -0.4 is 15.2 Å². The van der Waals surface area contributed by atoms with Crippen molar-refractivity contribution in [3.05, 3.63) is 46.6 Å². The lowest BCUT2D eigenvalue weighted by Gasteiger charge is -2.28. The van der Waals surface area contributed by atoms with Crippen LogP contribution in [0.5, 0.6) is 11.5 Å². The Morgan fingerprint density at radius 3 is 2.48 bits per heavy atom. The van der Waals surface area contributed by atoms with Crippen LogP contribution in [-0.2, 0) is 23.8 Å². The summed E-state index contributed by atoms with van der Waals surface area (Å²) in [5.41, 5.74) is 6.47. The molecule has 2 N–H and O–H groups in total. The summed E-state index contributed by atoms with van der Waals surface area (Å²) in [5, 5.41) is 9.74. The van der Waals surface area contributed by atoms with E-state index in [4.69, 9.17) is 24.7 Å². The number of allylic oxidation sites excluding steroid dienone is 1. The highest BCUT2D eigenvalue weighted by atomic mass is 16.5. The molecule has 1 atom stereocenters. The maximum absolute atomic E-state index is 12.7. The van der Waals surface area contributed by atoms with Crippen molar-refractivity contribution in [2.45, 2.75) is 39.2 Å². The van der Waals surface area contributed by atoms with Gasteiger partial charge in [0.1, 0.15) is 23.8 Å². The van der Waals surface area contributed by atoms with E-state index in [-0.39, 0.29) is 35.3 Å². The van der Waals surface area contributed by atoms with Crippen LogP contribution in [-0.4, -0.2) is 38.9 Å². The average molecular weight is 430 g/mol. The summed E-state index contributed by atoms with van der Waals surface area (Å²) in [4.78, 5) is 24.6. The smallest absolute Gasteiger partial charge is 0.338 e. The second-order valence-corrected chi connectivity index (χ2v) is 6.81. The number of nitrogens with two attached hydrogens (primary N) is 1. The van der Waals surface area contributed by atoms with E-state index in [0.717, 1.165) is 0 Å². The van der Waals surface area contributed by atoms with Crippen LogP contribution in [0.25, 0.3) is 0 Å². The highest BCUT2D eigenvalue weighted by molar-refractivity contribution is 5.93. The summed E-state index contributed by atoms with van der Waals surface area (Å²) in [5.74, 6) is -1.63. The van der Waals surface area contributed by atoms with Crippen LogP contribution in [0.2, 0.25) is 0 Å². The number of carbonyl (C=O) groups is 2. The Kier molecular flexibility index (Phi) is 7.91. The largest absolute Gasteiger partial charge is 0.490 e. The molecule has 0 aliphatic carbocycles. The molecule has 0 saturated heterocycles. The van der Waals surface area contributed by atoms with Gasteiger partial charge in [-0.25, -0.2) is 4.79 Å². The zero-order chi connectivity index (χ0) is 23.1. The van der Waals surface area contributed by atoms with Crippen LogP contribution in [0.3, 0.4) is 0 Å². The number of hydrogen-bond acceptors (Lipinski definition) is 9. The molecule has 0 aromatic heterocycles. The van der Waals surface area contributed by atoms with Crippen molar-refractivity contribution < 1.29 is 33.3 Å². The molecule has 1 unspecified atom stereocenters. The molecule has 1 aromatic carbocycles. The van der Waals surface area contributed by atoms with Crippen molar-refractivity contribution >= 4 is 11.9 Å². The third-order valence-electron chi connectivity index (χ3n) is 4.40. The summed E-state index contributed by atoms with van der Waals surface area (Å²) in [6, 6.07) is 7.05. The molecular formula is C22H26N2O7. The van der Waals surface area contributed by atoms with Gasteiger partial charge >= 0.3 is 11.9 Å². The molecular weight excluding hydrogens is 404 g/mol. The zero-order valence-electron chi connectivity index (χ0n) is 18.2. The molecule has 0 spiro atoms. The highest BCUT2D eigenvalue weighted by Gasteiger charge is 2.38. The van der Waals surface area contributed by atoms with Crippen molar-refractivity contribution in [3.63, 3.8) is 0 Å². The van der Waals surface area contributed by atoms with Gasteiger partial charge in [0, 0.05) is 0 Å². The highest BCUT2D eigenvalue weighted by Crippen LogP contribution is 2.43. The fourth-order valence-corrected chi connectivity index (χ4v) is 3.14. The number of nitrogens with zero attached hydrogens (tertiary/aromatic N) is 1. The summed E-state index contributed by atoms with van der Waals surface area (Å²) in [6.07, 6.45) is -0.445. The van der Waals surface area contributed by atoms with Crippen molar-refractivity contribution in [1.82, 2.24) is 0 Å². The molecule has 0 radical (unpaired) electrons. The molecule has 1 aliphatic heterocycles. The third-order valence-corrected chi connectivity index (χ3v) is 4.40. The average Bonchev–Trinajstić information content (AvgIpc) is 2.73. The van der Waals surface area contributed by atoms with Crippen molar-refractivity contribution in [1.29, 1.82) is 5.26 Å². The molecule has 1 aromatic rings. The van der Waals surface area contributed by atoms with E-state index in [9.17, 15) is 14.9 Å². The lowest BCUT2D eigenvalue weighted by Crippen LogP contribution is -2.27. The lowest BCUT2D eigenvalue weighted by atomic mass is 9.82. The van der Waals surface area contributed by atoms with Gasteiger partial charge in [-0.1, -0.05) is 6.07 Å². The Hall–Kier alpha value is -3.67. The molecule has 31 heavy (non-hydrogen) atoms. The number of hydrogen-bond donors (Lipinski definition) is 1. The Bertz CT molecular complexity index is 957. The number of ether oxygens (including phenoxy) is 5. The van der Waals surface area contributed by atoms with E-state index >= 15 is 0 Å². The van der Waals surface area contributed by atoms with Gasteiger partial charge in [0.15, 0.2) is 11.5 Å². The van der Waals surface area contributed by atoms with E-state index < -0.39 is 17.9 Å². The molecule has 2 rings (SSSR count).